The Hall–Kier alpha value is -2.97. The second-order valence-electron chi connectivity index (χ2n) is 8.85. The minimum atomic E-state index is 0.0830. The Kier molecular flexibility index (Phi) is 4.84. The molecule has 2 atom stereocenters. The molecular formula is C24H25N5O2S. The molecule has 8 heteroatoms. The number of H-pyrrole nitrogens is 1. The quantitative estimate of drug-likeness (QED) is 0.467. The number of rotatable bonds is 5. The monoisotopic (exact) mass is 447 g/mol. The zero-order chi connectivity index (χ0) is 21.7. The molecule has 7 nitrogen and oxygen atoms in total. The first-order chi connectivity index (χ1) is 15.6. The van der Waals surface area contributed by atoms with E-state index in [1.54, 1.807) is 13.1 Å². The summed E-state index contributed by atoms with van der Waals surface area (Å²) in [6, 6.07) is 11.5. The molecular weight excluding hydrogens is 422 g/mol. The van der Waals surface area contributed by atoms with Gasteiger partial charge in [-0.05, 0) is 55.5 Å². The number of nitrogens with zero attached hydrogens (tertiary/aromatic N) is 3. The third-order valence-corrected chi connectivity index (χ3v) is 7.62. The number of amides is 1. The van der Waals surface area contributed by atoms with Crippen molar-refractivity contribution in [2.45, 2.75) is 57.3 Å². The van der Waals surface area contributed by atoms with Crippen molar-refractivity contribution in [3.8, 4) is 10.9 Å². The Morgan fingerprint density at radius 3 is 2.91 bits per heavy atom. The molecule has 4 aromatic rings. The van der Waals surface area contributed by atoms with E-state index < -0.39 is 0 Å². The van der Waals surface area contributed by atoms with Crippen LogP contribution in [0.25, 0.3) is 21.3 Å². The normalized spacial score (nSPS) is 23.1. The number of hydrogen-bond donors (Lipinski definition) is 2. The molecule has 2 N–H and O–H groups in total. The fourth-order valence-electron chi connectivity index (χ4n) is 5.39. The highest BCUT2D eigenvalue weighted by molar-refractivity contribution is 7.20. The van der Waals surface area contributed by atoms with Gasteiger partial charge in [-0.25, -0.2) is 4.98 Å². The zero-order valence-electron chi connectivity index (χ0n) is 17.9. The molecule has 6 rings (SSSR count). The summed E-state index contributed by atoms with van der Waals surface area (Å²) < 4.78 is 7.04. The highest BCUT2D eigenvalue weighted by atomic mass is 32.1. The topological polar surface area (TPSA) is 83.1 Å². The Bertz CT molecular complexity index is 1250. The van der Waals surface area contributed by atoms with Crippen LogP contribution in [-0.2, 0) is 11.3 Å². The molecule has 0 radical (unpaired) electrons. The number of aromatic amines is 1. The molecule has 3 aromatic heterocycles. The van der Waals surface area contributed by atoms with Crippen LogP contribution in [-0.4, -0.2) is 43.9 Å². The van der Waals surface area contributed by atoms with Crippen LogP contribution < -0.4 is 10.1 Å². The predicted octanol–water partition coefficient (Wildman–Crippen LogP) is 4.60. The maximum absolute atomic E-state index is 11.5. The highest BCUT2D eigenvalue weighted by Gasteiger charge is 2.40. The van der Waals surface area contributed by atoms with Crippen LogP contribution in [0.4, 0.5) is 0 Å². The number of aromatic nitrogens is 3. The van der Waals surface area contributed by atoms with Gasteiger partial charge in [0.05, 0.1) is 4.70 Å². The molecule has 2 aliphatic rings. The summed E-state index contributed by atoms with van der Waals surface area (Å²) in [5, 5.41) is 4.96. The predicted molar refractivity (Wildman–Crippen MR) is 125 cm³/mol. The van der Waals surface area contributed by atoms with Gasteiger partial charge in [0, 0.05) is 61.0 Å². The van der Waals surface area contributed by atoms with Crippen molar-refractivity contribution in [3.63, 3.8) is 0 Å². The second kappa shape index (κ2) is 7.86. The minimum Gasteiger partial charge on any atom is -0.431 e. The van der Waals surface area contributed by atoms with Crippen LogP contribution in [0.2, 0.25) is 0 Å². The van der Waals surface area contributed by atoms with Crippen LogP contribution in [0, 0.1) is 0 Å². The molecule has 1 amide bonds. The van der Waals surface area contributed by atoms with Crippen molar-refractivity contribution >= 4 is 38.5 Å². The number of benzene rings is 1. The van der Waals surface area contributed by atoms with Crippen LogP contribution in [0.1, 0.15) is 38.2 Å². The first-order valence-corrected chi connectivity index (χ1v) is 12.0. The van der Waals surface area contributed by atoms with Gasteiger partial charge < -0.3 is 15.0 Å². The average Bonchev–Trinajstić information content (AvgIpc) is 3.42. The summed E-state index contributed by atoms with van der Waals surface area (Å²) >= 11 is 1.50. The first-order valence-electron chi connectivity index (χ1n) is 11.1. The third-order valence-electron chi connectivity index (χ3n) is 6.73. The number of thiazole rings is 1. The number of piperidine rings is 1. The smallest absolute Gasteiger partial charge is 0.281 e. The molecule has 0 spiro atoms. The fourth-order valence-corrected chi connectivity index (χ4v) is 6.18. The van der Waals surface area contributed by atoms with E-state index in [9.17, 15) is 4.79 Å². The van der Waals surface area contributed by atoms with E-state index in [1.165, 1.54) is 35.1 Å². The first kappa shape index (κ1) is 19.7. The van der Waals surface area contributed by atoms with Gasteiger partial charge in [-0.3, -0.25) is 9.69 Å². The molecule has 2 bridgehead atoms. The van der Waals surface area contributed by atoms with Gasteiger partial charge in [-0.1, -0.05) is 11.3 Å². The van der Waals surface area contributed by atoms with E-state index in [2.05, 4.69) is 37.4 Å². The lowest BCUT2D eigenvalue weighted by Gasteiger charge is -2.39. The van der Waals surface area contributed by atoms with Gasteiger partial charge >= 0.3 is 0 Å². The van der Waals surface area contributed by atoms with Gasteiger partial charge in [0.2, 0.25) is 5.91 Å². The molecule has 2 fully saturated rings. The van der Waals surface area contributed by atoms with E-state index in [0.29, 0.717) is 29.0 Å². The van der Waals surface area contributed by atoms with Crippen molar-refractivity contribution in [2.75, 3.05) is 0 Å². The van der Waals surface area contributed by atoms with Crippen molar-refractivity contribution in [2.24, 2.45) is 0 Å². The third kappa shape index (κ3) is 3.63. The van der Waals surface area contributed by atoms with Crippen LogP contribution >= 0.6 is 11.3 Å². The highest BCUT2D eigenvalue weighted by Crippen LogP contribution is 2.38. The summed E-state index contributed by atoms with van der Waals surface area (Å²) in [4.78, 5) is 26.3. The molecule has 5 heterocycles. The van der Waals surface area contributed by atoms with E-state index in [0.717, 1.165) is 35.4 Å². The molecule has 2 saturated heterocycles. The Morgan fingerprint density at radius 2 is 2.12 bits per heavy atom. The lowest BCUT2D eigenvalue weighted by Crippen LogP contribution is -2.49. The average molecular weight is 448 g/mol. The maximum atomic E-state index is 11.5. The van der Waals surface area contributed by atoms with Crippen LogP contribution in [0.3, 0.4) is 0 Å². The summed E-state index contributed by atoms with van der Waals surface area (Å²) in [6.07, 6.45) is 8.40. The number of fused-ring (bicyclic) bond motifs is 4. The van der Waals surface area contributed by atoms with E-state index in [4.69, 9.17) is 4.74 Å². The summed E-state index contributed by atoms with van der Waals surface area (Å²) in [6.45, 7) is 2.55. The summed E-state index contributed by atoms with van der Waals surface area (Å²) in [7, 11) is 0. The molecule has 164 valence electrons. The van der Waals surface area contributed by atoms with Crippen LogP contribution in [0.5, 0.6) is 10.9 Å². The van der Waals surface area contributed by atoms with E-state index in [-0.39, 0.29) is 5.91 Å². The van der Waals surface area contributed by atoms with E-state index >= 15 is 0 Å². The SMILES string of the molecule is CC(=O)NC1C[C@@H]2CC[C@@H](C1)N2Cc1c[nH]c2cc(Oc3nc4ncccc4s3)ccc12. The standard InChI is InChI=1S/C24H25N5O2S/c1-14(30)27-16-9-17-4-5-18(10-16)29(17)13-15-12-26-21-11-19(6-7-20(15)21)31-24-28-23-22(32-24)3-2-8-25-23/h2-3,6-8,11-12,16-18,26H,4-5,9-10,13H2,1H3,(H,27,30)/t17-,18-/m0/s1. The fraction of sp³-hybridized carbons (Fsp3) is 0.375. The van der Waals surface area contributed by atoms with Gasteiger partial charge in [0.15, 0.2) is 5.65 Å². The number of hydrogen-bond acceptors (Lipinski definition) is 6. The van der Waals surface area contributed by atoms with Crippen molar-refractivity contribution < 1.29 is 9.53 Å². The maximum Gasteiger partial charge on any atom is 0.281 e. The molecule has 1 aromatic carbocycles. The molecule has 0 saturated carbocycles. The number of carbonyl (C=O) groups is 1. The van der Waals surface area contributed by atoms with Gasteiger partial charge in [-0.15, -0.1) is 0 Å². The lowest BCUT2D eigenvalue weighted by atomic mass is 9.96. The van der Waals surface area contributed by atoms with Gasteiger partial charge in [-0.2, -0.15) is 4.98 Å². The Labute approximate surface area is 189 Å². The summed E-state index contributed by atoms with van der Waals surface area (Å²) in [5.74, 6) is 0.848. The Morgan fingerprint density at radius 1 is 1.28 bits per heavy atom. The number of ether oxygens (including phenoxy) is 1. The van der Waals surface area contributed by atoms with Crippen LogP contribution in [0.15, 0.2) is 42.7 Å². The number of carbonyl (C=O) groups excluding carboxylic acids is 1. The lowest BCUT2D eigenvalue weighted by molar-refractivity contribution is -0.120. The number of pyridine rings is 1. The largest absolute Gasteiger partial charge is 0.431 e. The Balaban J connectivity index is 1.18. The number of nitrogens with one attached hydrogen (secondary N) is 2. The van der Waals surface area contributed by atoms with Crippen molar-refractivity contribution in [1.82, 2.24) is 25.2 Å². The summed E-state index contributed by atoms with van der Waals surface area (Å²) in [5.41, 5.74) is 3.09. The molecule has 32 heavy (non-hydrogen) atoms. The molecule has 0 aliphatic carbocycles. The minimum absolute atomic E-state index is 0.0830. The second-order valence-corrected chi connectivity index (χ2v) is 9.85. The van der Waals surface area contributed by atoms with Crippen molar-refractivity contribution in [3.05, 3.63) is 48.3 Å². The molecule has 2 aliphatic heterocycles. The van der Waals surface area contributed by atoms with Gasteiger partial charge in [0.1, 0.15) is 5.75 Å². The molecule has 0 unspecified atom stereocenters. The van der Waals surface area contributed by atoms with Gasteiger partial charge in [0.25, 0.3) is 5.19 Å². The van der Waals surface area contributed by atoms with Crippen molar-refractivity contribution in [1.29, 1.82) is 0 Å². The van der Waals surface area contributed by atoms with E-state index in [1.807, 2.05) is 24.3 Å². The zero-order valence-corrected chi connectivity index (χ0v) is 18.7.